The van der Waals surface area contributed by atoms with Crippen LogP contribution in [0.5, 0.6) is 5.75 Å². The highest BCUT2D eigenvalue weighted by Crippen LogP contribution is 2.62. The number of aromatic hydroxyl groups is 1. The molecule has 1 aromatic carbocycles. The molecule has 3 unspecified atom stereocenters. The molecule has 5 rings (SSSR count). The number of rotatable bonds is 5. The maximum absolute atomic E-state index is 14.3. The van der Waals surface area contributed by atoms with Gasteiger partial charge in [0.25, 0.3) is 0 Å². The van der Waals surface area contributed by atoms with Crippen molar-refractivity contribution in [1.29, 1.82) is 0 Å². The first kappa shape index (κ1) is 23.3. The molecule has 2 saturated carbocycles. The third-order valence-electron chi connectivity index (χ3n) is 8.48. The van der Waals surface area contributed by atoms with Gasteiger partial charge < -0.3 is 15.3 Å². The number of phenolic OH excluding ortho intramolecular Hbond substituents is 1. The van der Waals surface area contributed by atoms with E-state index in [1.165, 1.54) is 11.3 Å². The van der Waals surface area contributed by atoms with Crippen LogP contribution in [0.3, 0.4) is 0 Å². The fraction of sp³-hybridized carbons (Fsp3) is 0.577. The number of phenols is 1. The molecular formula is C26H32FN3O3S. The first-order valence-electron chi connectivity index (χ1n) is 12.1. The van der Waals surface area contributed by atoms with Crippen LogP contribution in [-0.2, 0) is 16.1 Å². The molecule has 6 nitrogen and oxygen atoms in total. The van der Waals surface area contributed by atoms with Gasteiger partial charge >= 0.3 is 0 Å². The molecule has 2 fully saturated rings. The van der Waals surface area contributed by atoms with Crippen molar-refractivity contribution in [1.82, 2.24) is 4.98 Å². The number of nitrogens with one attached hydrogen (secondary N) is 1. The SMILES string of the molecule is CO/N=C1\C[C@@H](CCC(=O)Nc2ncc(C)s2)C2C3CCc4cc(O)c(F)cc4C3CC[C@]12C. The summed E-state index contributed by atoms with van der Waals surface area (Å²) in [6.45, 7) is 4.27. The predicted molar refractivity (Wildman–Crippen MR) is 131 cm³/mol. The van der Waals surface area contributed by atoms with E-state index >= 15 is 0 Å². The summed E-state index contributed by atoms with van der Waals surface area (Å²) in [7, 11) is 1.60. The van der Waals surface area contributed by atoms with Crippen LogP contribution in [-0.4, -0.2) is 28.8 Å². The van der Waals surface area contributed by atoms with Gasteiger partial charge in [0.05, 0.1) is 5.71 Å². The minimum absolute atomic E-state index is 0.00733. The Morgan fingerprint density at radius 3 is 2.97 bits per heavy atom. The summed E-state index contributed by atoms with van der Waals surface area (Å²) >= 11 is 1.48. The number of hydrogen-bond donors (Lipinski definition) is 2. The van der Waals surface area contributed by atoms with E-state index in [0.29, 0.717) is 29.3 Å². The van der Waals surface area contributed by atoms with Gasteiger partial charge in [0.1, 0.15) is 7.11 Å². The Bertz CT molecular complexity index is 1130. The molecule has 0 spiro atoms. The lowest BCUT2D eigenvalue weighted by Crippen LogP contribution is -2.44. The molecule has 0 bridgehead atoms. The molecule has 2 N–H and O–H groups in total. The lowest BCUT2D eigenvalue weighted by molar-refractivity contribution is -0.116. The summed E-state index contributed by atoms with van der Waals surface area (Å²) in [5.41, 5.74) is 3.16. The summed E-state index contributed by atoms with van der Waals surface area (Å²) in [6.07, 6.45) is 7.58. The monoisotopic (exact) mass is 485 g/mol. The first-order chi connectivity index (χ1) is 16.3. The van der Waals surface area contributed by atoms with E-state index in [1.807, 2.05) is 6.92 Å². The van der Waals surface area contributed by atoms with Crippen LogP contribution in [0, 0.1) is 35.9 Å². The standard InChI is InChI=1S/C26H32FN3O3S/c1-14-13-28-25(34-14)29-23(32)7-5-16-11-22(30-33-3)26(2)9-8-17-18(24(16)26)6-4-15-10-21(31)20(27)12-19(15)17/h10,12-13,16-18,24,31H,4-9,11H2,1-3H3,(H,28,29,32)/b30-22+/t16-,17?,18?,24?,26-/m1/s1. The van der Waals surface area contributed by atoms with Gasteiger partial charge in [-0.2, -0.15) is 0 Å². The van der Waals surface area contributed by atoms with Crippen LogP contribution >= 0.6 is 11.3 Å². The largest absolute Gasteiger partial charge is 0.505 e. The molecular weight excluding hydrogens is 453 g/mol. The number of aromatic nitrogens is 1. The van der Waals surface area contributed by atoms with Crippen LogP contribution in [0.25, 0.3) is 0 Å². The maximum Gasteiger partial charge on any atom is 0.226 e. The van der Waals surface area contributed by atoms with Gasteiger partial charge in [0.2, 0.25) is 5.91 Å². The number of fused-ring (bicyclic) bond motifs is 5. The van der Waals surface area contributed by atoms with Gasteiger partial charge in [-0.1, -0.05) is 12.1 Å². The molecule has 3 aliphatic rings. The van der Waals surface area contributed by atoms with Crippen LogP contribution in [0.2, 0.25) is 0 Å². The molecule has 5 atom stereocenters. The van der Waals surface area contributed by atoms with Crippen molar-refractivity contribution in [2.24, 2.45) is 28.3 Å². The number of hydrogen-bond acceptors (Lipinski definition) is 6. The quantitative estimate of drug-likeness (QED) is 0.524. The number of benzene rings is 1. The third-order valence-corrected chi connectivity index (χ3v) is 9.31. The highest BCUT2D eigenvalue weighted by Gasteiger charge is 2.57. The van der Waals surface area contributed by atoms with Gasteiger partial charge in [-0.3, -0.25) is 4.79 Å². The molecule has 3 aliphatic carbocycles. The number of oxime groups is 1. The van der Waals surface area contributed by atoms with E-state index in [9.17, 15) is 14.3 Å². The summed E-state index contributed by atoms with van der Waals surface area (Å²) < 4.78 is 14.3. The number of carbonyl (C=O) groups excluding carboxylic acids is 1. The summed E-state index contributed by atoms with van der Waals surface area (Å²) in [4.78, 5) is 23.2. The molecule has 34 heavy (non-hydrogen) atoms. The van der Waals surface area contributed by atoms with E-state index in [2.05, 4.69) is 22.4 Å². The highest BCUT2D eigenvalue weighted by atomic mass is 32.1. The summed E-state index contributed by atoms with van der Waals surface area (Å²) in [5, 5.41) is 17.9. The Morgan fingerprint density at radius 2 is 2.24 bits per heavy atom. The molecule has 1 aromatic heterocycles. The third kappa shape index (κ3) is 4.00. The second-order valence-electron chi connectivity index (χ2n) is 10.3. The van der Waals surface area contributed by atoms with E-state index in [4.69, 9.17) is 4.84 Å². The van der Waals surface area contributed by atoms with E-state index < -0.39 is 5.82 Å². The van der Waals surface area contributed by atoms with Crippen molar-refractivity contribution in [3.8, 4) is 5.75 Å². The zero-order chi connectivity index (χ0) is 24.0. The number of aryl methyl sites for hydroxylation is 2. The number of halogens is 1. The number of nitrogens with zero attached hydrogens (tertiary/aromatic N) is 2. The van der Waals surface area contributed by atoms with Gasteiger partial charge in [0, 0.05) is 22.9 Å². The minimum Gasteiger partial charge on any atom is -0.505 e. The lowest BCUT2D eigenvalue weighted by atomic mass is 9.54. The number of anilines is 1. The Morgan fingerprint density at radius 1 is 1.41 bits per heavy atom. The fourth-order valence-electron chi connectivity index (χ4n) is 7.09. The van der Waals surface area contributed by atoms with Crippen LogP contribution in [0.4, 0.5) is 9.52 Å². The van der Waals surface area contributed by atoms with Gasteiger partial charge in [0.15, 0.2) is 16.7 Å². The highest BCUT2D eigenvalue weighted by molar-refractivity contribution is 7.15. The second-order valence-corrected chi connectivity index (χ2v) is 11.6. The molecule has 8 heteroatoms. The first-order valence-corrected chi connectivity index (χ1v) is 13.0. The smallest absolute Gasteiger partial charge is 0.226 e. The van der Waals surface area contributed by atoms with Crippen molar-refractivity contribution in [3.05, 3.63) is 40.2 Å². The zero-order valence-corrected chi connectivity index (χ0v) is 20.8. The Labute approximate surface area is 203 Å². The number of amides is 1. The van der Waals surface area contributed by atoms with Gasteiger partial charge in [-0.05, 0) is 92.4 Å². The molecule has 0 aliphatic heterocycles. The normalized spacial score (nSPS) is 31.0. The Kier molecular flexibility index (Phi) is 6.12. The molecule has 2 aromatic rings. The Hall–Kier alpha value is -2.48. The van der Waals surface area contributed by atoms with Gasteiger partial charge in [-0.25, -0.2) is 9.37 Å². The minimum atomic E-state index is -0.536. The van der Waals surface area contributed by atoms with Crippen LogP contribution in [0.15, 0.2) is 23.5 Å². The van der Waals surface area contributed by atoms with Crippen molar-refractivity contribution in [3.63, 3.8) is 0 Å². The predicted octanol–water partition coefficient (Wildman–Crippen LogP) is 5.80. The average molecular weight is 486 g/mol. The van der Waals surface area contributed by atoms with E-state index in [-0.39, 0.29) is 23.0 Å². The van der Waals surface area contributed by atoms with Crippen LogP contribution in [0.1, 0.15) is 67.4 Å². The summed E-state index contributed by atoms with van der Waals surface area (Å²) in [5.74, 6) is 0.549. The zero-order valence-electron chi connectivity index (χ0n) is 19.9. The summed E-state index contributed by atoms with van der Waals surface area (Å²) in [6, 6.07) is 3.17. The molecule has 1 amide bonds. The van der Waals surface area contributed by atoms with Crippen molar-refractivity contribution < 1.29 is 19.1 Å². The van der Waals surface area contributed by atoms with E-state index in [0.717, 1.165) is 60.2 Å². The molecule has 0 saturated heterocycles. The second kappa shape index (κ2) is 8.95. The molecule has 182 valence electrons. The number of carbonyl (C=O) groups is 1. The van der Waals surface area contributed by atoms with Crippen molar-refractivity contribution in [2.45, 2.75) is 64.7 Å². The van der Waals surface area contributed by atoms with Gasteiger partial charge in [-0.15, -0.1) is 11.3 Å². The maximum atomic E-state index is 14.3. The van der Waals surface area contributed by atoms with Crippen molar-refractivity contribution in [2.75, 3.05) is 12.4 Å². The number of thiazole rings is 1. The molecule has 0 radical (unpaired) electrons. The molecule has 1 heterocycles. The average Bonchev–Trinajstić information content (AvgIpc) is 3.33. The topological polar surface area (TPSA) is 83.8 Å². The lowest BCUT2D eigenvalue weighted by Gasteiger charge is -2.50. The van der Waals surface area contributed by atoms with Crippen LogP contribution < -0.4 is 5.32 Å². The fourth-order valence-corrected chi connectivity index (χ4v) is 7.77. The van der Waals surface area contributed by atoms with Crippen molar-refractivity contribution >= 4 is 28.1 Å². The Balaban J connectivity index is 1.39. The van der Waals surface area contributed by atoms with E-state index in [1.54, 1.807) is 25.4 Å².